The molecule has 0 radical (unpaired) electrons. The van der Waals surface area contributed by atoms with E-state index >= 15 is 0 Å². The molecule has 1 aliphatic heterocycles. The maximum absolute atomic E-state index is 4.13. The van der Waals surface area contributed by atoms with Crippen molar-refractivity contribution in [3.05, 3.63) is 18.7 Å². The molecule has 4 heteroatoms. The standard InChI is InChI=1S/C16H28N4/c1-13(11-20-10-9-17-12-20)19-16-6-3-2-5-14(16)15-7-4-8-18-15/h9-10,12-16,18-19H,2-8,11H2,1H3. The van der Waals surface area contributed by atoms with Crippen molar-refractivity contribution >= 4 is 0 Å². The fraction of sp³-hybridized carbons (Fsp3) is 0.812. The van der Waals surface area contributed by atoms with Crippen LogP contribution in [-0.4, -0.2) is 34.2 Å². The van der Waals surface area contributed by atoms with E-state index in [9.17, 15) is 0 Å². The summed E-state index contributed by atoms with van der Waals surface area (Å²) >= 11 is 0. The number of nitrogens with zero attached hydrogens (tertiary/aromatic N) is 2. The largest absolute Gasteiger partial charge is 0.336 e. The highest BCUT2D eigenvalue weighted by Gasteiger charge is 2.33. The van der Waals surface area contributed by atoms with Crippen LogP contribution in [-0.2, 0) is 6.54 Å². The zero-order valence-corrected chi connectivity index (χ0v) is 12.6. The first-order chi connectivity index (χ1) is 9.83. The van der Waals surface area contributed by atoms with E-state index in [1.54, 1.807) is 0 Å². The van der Waals surface area contributed by atoms with Crippen molar-refractivity contribution in [2.75, 3.05) is 6.54 Å². The molecule has 112 valence electrons. The topological polar surface area (TPSA) is 41.9 Å². The van der Waals surface area contributed by atoms with E-state index in [2.05, 4.69) is 33.3 Å². The Morgan fingerprint density at radius 1 is 1.30 bits per heavy atom. The second kappa shape index (κ2) is 6.72. The third-order valence-electron chi connectivity index (χ3n) is 4.98. The zero-order valence-electron chi connectivity index (χ0n) is 12.6. The minimum atomic E-state index is 0.510. The molecule has 1 saturated carbocycles. The van der Waals surface area contributed by atoms with Gasteiger partial charge in [0, 0.05) is 37.1 Å². The van der Waals surface area contributed by atoms with Gasteiger partial charge in [0.25, 0.3) is 0 Å². The van der Waals surface area contributed by atoms with Crippen molar-refractivity contribution in [3.63, 3.8) is 0 Å². The summed E-state index contributed by atoms with van der Waals surface area (Å²) in [7, 11) is 0. The van der Waals surface area contributed by atoms with E-state index in [1.807, 2.05) is 12.5 Å². The van der Waals surface area contributed by atoms with E-state index in [0.29, 0.717) is 12.1 Å². The molecule has 2 heterocycles. The molecule has 2 fully saturated rings. The zero-order chi connectivity index (χ0) is 13.8. The van der Waals surface area contributed by atoms with Gasteiger partial charge in [-0.25, -0.2) is 4.98 Å². The van der Waals surface area contributed by atoms with Crippen LogP contribution in [0.15, 0.2) is 18.7 Å². The lowest BCUT2D eigenvalue weighted by atomic mass is 9.79. The molecule has 0 amide bonds. The summed E-state index contributed by atoms with van der Waals surface area (Å²) in [5.74, 6) is 0.830. The smallest absolute Gasteiger partial charge is 0.0946 e. The summed E-state index contributed by atoms with van der Waals surface area (Å²) in [5, 5.41) is 7.62. The summed E-state index contributed by atoms with van der Waals surface area (Å²) in [6, 6.07) is 1.96. The average Bonchev–Trinajstić information content (AvgIpc) is 3.11. The van der Waals surface area contributed by atoms with Gasteiger partial charge in [-0.3, -0.25) is 0 Å². The molecule has 2 N–H and O–H groups in total. The molecule has 2 aliphatic rings. The van der Waals surface area contributed by atoms with Crippen LogP contribution in [0.25, 0.3) is 0 Å². The second-order valence-corrected chi connectivity index (χ2v) is 6.58. The number of rotatable bonds is 5. The maximum atomic E-state index is 4.13. The number of hydrogen-bond acceptors (Lipinski definition) is 3. The summed E-state index contributed by atoms with van der Waals surface area (Å²) in [4.78, 5) is 4.13. The van der Waals surface area contributed by atoms with Crippen LogP contribution in [0.2, 0.25) is 0 Å². The Kier molecular flexibility index (Phi) is 4.73. The Labute approximate surface area is 122 Å². The molecule has 1 aromatic rings. The first-order valence-corrected chi connectivity index (χ1v) is 8.28. The van der Waals surface area contributed by atoms with Gasteiger partial charge in [0.1, 0.15) is 0 Å². The number of aromatic nitrogens is 2. The van der Waals surface area contributed by atoms with E-state index in [1.165, 1.54) is 45.1 Å². The Morgan fingerprint density at radius 3 is 2.95 bits per heavy atom. The summed E-state index contributed by atoms with van der Waals surface area (Å²) in [6.07, 6.45) is 14.1. The summed E-state index contributed by atoms with van der Waals surface area (Å²) in [5.41, 5.74) is 0. The molecule has 1 aliphatic carbocycles. The SMILES string of the molecule is CC(Cn1ccnc1)NC1CCCCC1C1CCCN1. The van der Waals surface area contributed by atoms with Gasteiger partial charge in [-0.15, -0.1) is 0 Å². The molecular weight excluding hydrogens is 248 g/mol. The normalized spacial score (nSPS) is 32.4. The van der Waals surface area contributed by atoms with E-state index in [4.69, 9.17) is 0 Å². The third-order valence-corrected chi connectivity index (χ3v) is 4.98. The first-order valence-electron chi connectivity index (χ1n) is 8.28. The Morgan fingerprint density at radius 2 is 2.20 bits per heavy atom. The quantitative estimate of drug-likeness (QED) is 0.866. The van der Waals surface area contributed by atoms with Gasteiger partial charge < -0.3 is 15.2 Å². The van der Waals surface area contributed by atoms with Crippen molar-refractivity contribution in [2.45, 2.75) is 70.1 Å². The van der Waals surface area contributed by atoms with E-state index < -0.39 is 0 Å². The van der Waals surface area contributed by atoms with Crippen LogP contribution in [0.4, 0.5) is 0 Å². The highest BCUT2D eigenvalue weighted by atomic mass is 15.1. The molecule has 0 aromatic carbocycles. The van der Waals surface area contributed by atoms with Crippen molar-refractivity contribution in [1.29, 1.82) is 0 Å². The van der Waals surface area contributed by atoms with Gasteiger partial charge in [-0.1, -0.05) is 12.8 Å². The van der Waals surface area contributed by atoms with Crippen molar-refractivity contribution in [2.24, 2.45) is 5.92 Å². The van der Waals surface area contributed by atoms with E-state index in [0.717, 1.165) is 18.5 Å². The lowest BCUT2D eigenvalue weighted by Crippen LogP contribution is -2.50. The van der Waals surface area contributed by atoms with Gasteiger partial charge in [0.2, 0.25) is 0 Å². The van der Waals surface area contributed by atoms with Crippen molar-refractivity contribution < 1.29 is 0 Å². The highest BCUT2D eigenvalue weighted by Crippen LogP contribution is 2.30. The van der Waals surface area contributed by atoms with Gasteiger partial charge in [-0.05, 0) is 45.1 Å². The monoisotopic (exact) mass is 276 g/mol. The summed E-state index contributed by atoms with van der Waals surface area (Å²) in [6.45, 7) is 4.54. The van der Waals surface area contributed by atoms with Gasteiger partial charge >= 0.3 is 0 Å². The first kappa shape index (κ1) is 14.1. The molecule has 4 unspecified atom stereocenters. The van der Waals surface area contributed by atoms with Gasteiger partial charge in [-0.2, -0.15) is 0 Å². The molecule has 3 rings (SSSR count). The number of imidazole rings is 1. The molecule has 0 bridgehead atoms. The fourth-order valence-electron chi connectivity index (χ4n) is 4.05. The minimum absolute atomic E-state index is 0.510. The Bertz CT molecular complexity index is 383. The van der Waals surface area contributed by atoms with E-state index in [-0.39, 0.29) is 0 Å². The van der Waals surface area contributed by atoms with Crippen molar-refractivity contribution in [3.8, 4) is 0 Å². The van der Waals surface area contributed by atoms with Crippen LogP contribution in [0.1, 0.15) is 45.4 Å². The van der Waals surface area contributed by atoms with Crippen LogP contribution in [0, 0.1) is 5.92 Å². The fourth-order valence-corrected chi connectivity index (χ4v) is 4.05. The van der Waals surface area contributed by atoms with Crippen LogP contribution < -0.4 is 10.6 Å². The summed E-state index contributed by atoms with van der Waals surface area (Å²) < 4.78 is 2.17. The van der Waals surface area contributed by atoms with Crippen molar-refractivity contribution in [1.82, 2.24) is 20.2 Å². The average molecular weight is 276 g/mol. The Hall–Kier alpha value is -0.870. The molecule has 4 nitrogen and oxygen atoms in total. The lowest BCUT2D eigenvalue weighted by molar-refractivity contribution is 0.199. The van der Waals surface area contributed by atoms with Crippen LogP contribution in [0.3, 0.4) is 0 Å². The molecule has 1 aromatic heterocycles. The van der Waals surface area contributed by atoms with Gasteiger partial charge in [0.15, 0.2) is 0 Å². The van der Waals surface area contributed by atoms with Gasteiger partial charge in [0.05, 0.1) is 6.33 Å². The molecule has 1 saturated heterocycles. The third kappa shape index (κ3) is 3.41. The molecule has 20 heavy (non-hydrogen) atoms. The lowest BCUT2D eigenvalue weighted by Gasteiger charge is -2.38. The molecule has 0 spiro atoms. The Balaban J connectivity index is 1.55. The van der Waals surface area contributed by atoms with Crippen LogP contribution >= 0.6 is 0 Å². The minimum Gasteiger partial charge on any atom is -0.336 e. The molecule has 4 atom stereocenters. The maximum Gasteiger partial charge on any atom is 0.0946 e. The predicted octanol–water partition coefficient (Wildman–Crippen LogP) is 2.17. The number of nitrogens with one attached hydrogen (secondary N) is 2. The predicted molar refractivity (Wildman–Crippen MR) is 81.6 cm³/mol. The van der Waals surface area contributed by atoms with Crippen LogP contribution in [0.5, 0.6) is 0 Å². The highest BCUT2D eigenvalue weighted by molar-refractivity contribution is 4.92. The molecular formula is C16H28N4. The number of hydrogen-bond donors (Lipinski definition) is 2. The second-order valence-electron chi connectivity index (χ2n) is 6.58.